The van der Waals surface area contributed by atoms with Crippen molar-refractivity contribution in [2.45, 2.75) is 6.61 Å². The van der Waals surface area contributed by atoms with E-state index in [1.54, 1.807) is 12.1 Å². The van der Waals surface area contributed by atoms with Crippen LogP contribution in [0.3, 0.4) is 0 Å². The number of amides is 1. The van der Waals surface area contributed by atoms with Crippen molar-refractivity contribution < 1.29 is 18.3 Å². The Labute approximate surface area is 153 Å². The fourth-order valence-electron chi connectivity index (χ4n) is 2.21. The van der Waals surface area contributed by atoms with Crippen LogP contribution in [0.15, 0.2) is 40.9 Å². The van der Waals surface area contributed by atoms with Crippen LogP contribution in [-0.2, 0) is 11.3 Å². The van der Waals surface area contributed by atoms with Crippen LogP contribution < -0.4 is 5.32 Å². The van der Waals surface area contributed by atoms with E-state index in [4.69, 9.17) is 4.74 Å². The molecular weight excluding hydrogens is 414 g/mol. The predicted molar refractivity (Wildman–Crippen MR) is 94.4 cm³/mol. The van der Waals surface area contributed by atoms with Gasteiger partial charge in [-0.25, -0.2) is 13.6 Å². The number of rotatable bonds is 3. The Kier molecular flexibility index (Phi) is 4.97. The molecule has 2 aromatic carbocycles. The molecule has 1 aromatic heterocycles. The fourth-order valence-corrected chi connectivity index (χ4v) is 3.91. The number of thiophene rings is 1. The molecule has 0 aliphatic heterocycles. The molecule has 1 N–H and O–H groups in total. The van der Waals surface area contributed by atoms with Crippen molar-refractivity contribution in [3.8, 4) is 6.07 Å². The van der Waals surface area contributed by atoms with Crippen molar-refractivity contribution in [3.63, 3.8) is 0 Å². The summed E-state index contributed by atoms with van der Waals surface area (Å²) in [6.07, 6.45) is -0.788. The van der Waals surface area contributed by atoms with Crippen LogP contribution in [-0.4, -0.2) is 6.09 Å². The number of hydrogen-bond acceptors (Lipinski definition) is 4. The Balaban J connectivity index is 1.86. The van der Waals surface area contributed by atoms with E-state index in [0.717, 1.165) is 23.0 Å². The first-order valence-electron chi connectivity index (χ1n) is 6.99. The van der Waals surface area contributed by atoms with Gasteiger partial charge in [0, 0.05) is 11.5 Å². The normalized spacial score (nSPS) is 10.5. The van der Waals surface area contributed by atoms with Crippen molar-refractivity contribution in [2.24, 2.45) is 0 Å². The molecule has 0 fully saturated rings. The molecule has 0 unspecified atom stereocenters. The van der Waals surface area contributed by atoms with Gasteiger partial charge in [-0.15, -0.1) is 11.3 Å². The fraction of sp³-hybridized carbons (Fsp3) is 0.0588. The van der Waals surface area contributed by atoms with Gasteiger partial charge in [0.2, 0.25) is 0 Å². The number of ether oxygens (including phenoxy) is 1. The Morgan fingerprint density at radius 2 is 2.00 bits per heavy atom. The second kappa shape index (κ2) is 7.17. The average Bonchev–Trinajstić information content (AvgIpc) is 2.97. The Bertz CT molecular complexity index is 1000. The molecule has 0 bridgehead atoms. The largest absolute Gasteiger partial charge is 0.444 e. The molecule has 1 heterocycles. The number of nitrogens with zero attached hydrogens (tertiary/aromatic N) is 1. The average molecular weight is 423 g/mol. The first kappa shape index (κ1) is 17.3. The zero-order valence-electron chi connectivity index (χ0n) is 12.5. The van der Waals surface area contributed by atoms with Crippen molar-refractivity contribution in [1.29, 1.82) is 5.26 Å². The molecule has 0 spiro atoms. The summed E-state index contributed by atoms with van der Waals surface area (Å²) < 4.78 is 32.8. The van der Waals surface area contributed by atoms with Crippen molar-refractivity contribution in [2.75, 3.05) is 5.32 Å². The van der Waals surface area contributed by atoms with Crippen LogP contribution >= 0.6 is 27.3 Å². The third kappa shape index (κ3) is 3.48. The second-order valence-corrected chi connectivity index (χ2v) is 6.78. The summed E-state index contributed by atoms with van der Waals surface area (Å²) in [4.78, 5) is 12.0. The lowest BCUT2D eigenvalue weighted by atomic mass is 10.1. The number of anilines is 1. The zero-order valence-corrected chi connectivity index (χ0v) is 14.9. The molecule has 0 radical (unpaired) electrons. The van der Waals surface area contributed by atoms with E-state index in [1.165, 1.54) is 0 Å². The topological polar surface area (TPSA) is 62.1 Å². The number of carbonyl (C=O) groups is 1. The summed E-state index contributed by atoms with van der Waals surface area (Å²) in [5, 5.41) is 11.9. The molecule has 8 heteroatoms. The maximum atomic E-state index is 14.0. The smallest absolute Gasteiger partial charge is 0.412 e. The molecule has 0 aliphatic carbocycles. The van der Waals surface area contributed by atoms with Gasteiger partial charge in [0.15, 0.2) is 0 Å². The maximum Gasteiger partial charge on any atom is 0.412 e. The minimum Gasteiger partial charge on any atom is -0.444 e. The number of carbonyl (C=O) groups excluding carboxylic acids is 1. The number of benzene rings is 2. The van der Waals surface area contributed by atoms with Crippen molar-refractivity contribution in [1.82, 2.24) is 0 Å². The third-order valence-corrected chi connectivity index (χ3v) is 5.24. The minimum absolute atomic E-state index is 0.0256. The Morgan fingerprint density at radius 3 is 2.68 bits per heavy atom. The molecule has 126 valence electrons. The van der Waals surface area contributed by atoms with Gasteiger partial charge < -0.3 is 4.74 Å². The molecule has 0 saturated carbocycles. The first-order valence-corrected chi connectivity index (χ1v) is 8.60. The lowest BCUT2D eigenvalue weighted by Gasteiger charge is -2.05. The molecule has 0 atom stereocenters. The standard InChI is InChI=1S/C17H9BrF2N2O2S/c18-14-11(19)6-12(20)15-13(14)10(7-21)16(25-15)22-17(23)24-8-9-4-2-1-3-5-9/h1-6H,8H2,(H,22,23). The van der Waals surface area contributed by atoms with E-state index in [-0.39, 0.29) is 31.7 Å². The van der Waals surface area contributed by atoms with Crippen LogP contribution in [0.4, 0.5) is 18.6 Å². The van der Waals surface area contributed by atoms with Crippen LogP contribution in [0, 0.1) is 23.0 Å². The summed E-state index contributed by atoms with van der Waals surface area (Å²) >= 11 is 3.86. The van der Waals surface area contributed by atoms with Gasteiger partial charge >= 0.3 is 6.09 Å². The predicted octanol–water partition coefficient (Wildman–Crippen LogP) is 5.56. The highest BCUT2D eigenvalue weighted by Crippen LogP contribution is 2.41. The van der Waals surface area contributed by atoms with Gasteiger partial charge in [0.25, 0.3) is 0 Å². The first-order chi connectivity index (χ1) is 12.0. The number of fused-ring (bicyclic) bond motifs is 1. The number of halogens is 3. The lowest BCUT2D eigenvalue weighted by Crippen LogP contribution is -2.13. The minimum atomic E-state index is -0.822. The van der Waals surface area contributed by atoms with Crippen LogP contribution in [0.5, 0.6) is 0 Å². The molecule has 0 saturated heterocycles. The molecule has 0 aliphatic rings. The van der Waals surface area contributed by atoms with E-state index in [0.29, 0.717) is 0 Å². The highest BCUT2D eigenvalue weighted by atomic mass is 79.9. The number of nitriles is 1. The molecule has 3 aromatic rings. The molecule has 25 heavy (non-hydrogen) atoms. The van der Waals surface area contributed by atoms with E-state index in [9.17, 15) is 18.8 Å². The summed E-state index contributed by atoms with van der Waals surface area (Å²) in [5.74, 6) is -1.62. The third-order valence-electron chi connectivity index (χ3n) is 3.35. The Hall–Kier alpha value is -2.50. The van der Waals surface area contributed by atoms with Gasteiger partial charge in [-0.2, -0.15) is 5.26 Å². The quantitative estimate of drug-likeness (QED) is 0.561. The van der Waals surface area contributed by atoms with E-state index >= 15 is 0 Å². The summed E-state index contributed by atoms with van der Waals surface area (Å²) in [7, 11) is 0. The van der Waals surface area contributed by atoms with Crippen LogP contribution in [0.25, 0.3) is 10.1 Å². The van der Waals surface area contributed by atoms with Crippen molar-refractivity contribution >= 4 is 48.4 Å². The van der Waals surface area contributed by atoms with Gasteiger partial charge in [-0.05, 0) is 21.5 Å². The Morgan fingerprint density at radius 1 is 1.28 bits per heavy atom. The van der Waals surface area contributed by atoms with Gasteiger partial charge in [0.1, 0.15) is 29.3 Å². The molecule has 4 nitrogen and oxygen atoms in total. The molecule has 3 rings (SSSR count). The van der Waals surface area contributed by atoms with Gasteiger partial charge in [-0.3, -0.25) is 5.32 Å². The number of hydrogen-bond donors (Lipinski definition) is 1. The van der Waals surface area contributed by atoms with Crippen LogP contribution in [0.1, 0.15) is 11.1 Å². The van der Waals surface area contributed by atoms with Crippen molar-refractivity contribution in [3.05, 3.63) is 63.6 Å². The van der Waals surface area contributed by atoms with E-state index in [2.05, 4.69) is 21.2 Å². The second-order valence-electron chi connectivity index (χ2n) is 4.96. The summed E-state index contributed by atoms with van der Waals surface area (Å²) in [6.45, 7) is 0.0478. The summed E-state index contributed by atoms with van der Waals surface area (Å²) in [5.41, 5.74) is 0.771. The highest BCUT2D eigenvalue weighted by Gasteiger charge is 2.22. The van der Waals surface area contributed by atoms with Gasteiger partial charge in [0.05, 0.1) is 14.7 Å². The van der Waals surface area contributed by atoms with Gasteiger partial charge in [-0.1, -0.05) is 30.3 Å². The zero-order chi connectivity index (χ0) is 18.0. The lowest BCUT2D eigenvalue weighted by molar-refractivity contribution is 0.155. The maximum absolute atomic E-state index is 14.0. The SMILES string of the molecule is N#Cc1c(NC(=O)OCc2ccccc2)sc2c(F)cc(F)c(Br)c12. The van der Waals surface area contributed by atoms with Crippen LogP contribution in [0.2, 0.25) is 0 Å². The van der Waals surface area contributed by atoms with E-state index < -0.39 is 17.7 Å². The summed E-state index contributed by atoms with van der Waals surface area (Å²) in [6, 6.07) is 11.6. The number of nitrogens with one attached hydrogen (secondary N) is 1. The molecular formula is C17H9BrF2N2O2S. The highest BCUT2D eigenvalue weighted by molar-refractivity contribution is 9.10. The monoisotopic (exact) mass is 422 g/mol. The van der Waals surface area contributed by atoms with E-state index in [1.807, 2.05) is 24.3 Å². The molecule has 1 amide bonds.